The molecule has 0 amide bonds. The van der Waals surface area contributed by atoms with Gasteiger partial charge in [0.15, 0.2) is 6.29 Å². The second-order valence-corrected chi connectivity index (χ2v) is 4.70. The van der Waals surface area contributed by atoms with E-state index in [1.54, 1.807) is 0 Å². The number of rotatable bonds is 8. The van der Waals surface area contributed by atoms with Crippen LogP contribution in [0.15, 0.2) is 0 Å². The van der Waals surface area contributed by atoms with Crippen LogP contribution in [-0.4, -0.2) is 32.1 Å². The quantitative estimate of drug-likeness (QED) is 0.649. The highest BCUT2D eigenvalue weighted by Gasteiger charge is 2.20. The fourth-order valence-electron chi connectivity index (χ4n) is 2.38. The van der Waals surface area contributed by atoms with E-state index in [-0.39, 0.29) is 6.29 Å². The van der Waals surface area contributed by atoms with E-state index >= 15 is 0 Å². The van der Waals surface area contributed by atoms with Gasteiger partial charge >= 0.3 is 0 Å². The molecule has 1 aliphatic rings. The molecular weight excluding hydrogens is 202 g/mol. The number of hydrogen-bond acceptors (Lipinski definition) is 3. The standard InChI is InChI=1S/C13H27NO2/c1-4-15-13(16-5-2)8-9-14-12-7-6-11(3)10-12/h11-14H,4-10H2,1-3H3. The molecule has 16 heavy (non-hydrogen) atoms. The zero-order chi connectivity index (χ0) is 11.8. The molecule has 0 heterocycles. The van der Waals surface area contributed by atoms with Crippen LogP contribution >= 0.6 is 0 Å². The van der Waals surface area contributed by atoms with Crippen molar-refractivity contribution in [1.82, 2.24) is 5.32 Å². The van der Waals surface area contributed by atoms with E-state index in [1.807, 2.05) is 13.8 Å². The normalized spacial score (nSPS) is 25.5. The van der Waals surface area contributed by atoms with Crippen molar-refractivity contribution in [3.05, 3.63) is 0 Å². The van der Waals surface area contributed by atoms with Crippen LogP contribution in [0.3, 0.4) is 0 Å². The summed E-state index contributed by atoms with van der Waals surface area (Å²) in [6, 6.07) is 0.721. The molecule has 96 valence electrons. The second kappa shape index (κ2) is 8.04. The maximum atomic E-state index is 5.51. The van der Waals surface area contributed by atoms with Crippen LogP contribution in [0, 0.1) is 5.92 Å². The first-order valence-electron chi connectivity index (χ1n) is 6.72. The Kier molecular flexibility index (Phi) is 7.01. The second-order valence-electron chi connectivity index (χ2n) is 4.70. The Hall–Kier alpha value is -0.120. The Morgan fingerprint density at radius 3 is 2.38 bits per heavy atom. The Balaban J connectivity index is 2.07. The molecule has 0 aromatic heterocycles. The molecule has 0 radical (unpaired) electrons. The highest BCUT2D eigenvalue weighted by Crippen LogP contribution is 2.24. The summed E-state index contributed by atoms with van der Waals surface area (Å²) in [5.74, 6) is 0.895. The van der Waals surface area contributed by atoms with Gasteiger partial charge in [0.2, 0.25) is 0 Å². The lowest BCUT2D eigenvalue weighted by atomic mass is 10.1. The number of hydrogen-bond donors (Lipinski definition) is 1. The maximum Gasteiger partial charge on any atom is 0.158 e. The van der Waals surface area contributed by atoms with Crippen molar-refractivity contribution in [1.29, 1.82) is 0 Å². The van der Waals surface area contributed by atoms with Crippen molar-refractivity contribution in [2.24, 2.45) is 5.92 Å². The van der Waals surface area contributed by atoms with Crippen LogP contribution in [0.5, 0.6) is 0 Å². The van der Waals surface area contributed by atoms with Gasteiger partial charge in [0.05, 0.1) is 0 Å². The Morgan fingerprint density at radius 2 is 1.88 bits per heavy atom. The van der Waals surface area contributed by atoms with E-state index in [4.69, 9.17) is 9.47 Å². The molecule has 1 rings (SSSR count). The van der Waals surface area contributed by atoms with Crippen molar-refractivity contribution >= 4 is 0 Å². The van der Waals surface area contributed by atoms with Crippen LogP contribution < -0.4 is 5.32 Å². The van der Waals surface area contributed by atoms with E-state index in [0.717, 1.165) is 38.1 Å². The first kappa shape index (κ1) is 13.9. The van der Waals surface area contributed by atoms with Gasteiger partial charge in [0.25, 0.3) is 0 Å². The van der Waals surface area contributed by atoms with E-state index in [0.29, 0.717) is 0 Å². The smallest absolute Gasteiger partial charge is 0.158 e. The lowest BCUT2D eigenvalue weighted by Crippen LogP contribution is -2.31. The summed E-state index contributed by atoms with van der Waals surface area (Å²) in [6.45, 7) is 8.82. The Morgan fingerprint density at radius 1 is 1.19 bits per heavy atom. The van der Waals surface area contributed by atoms with Crippen molar-refractivity contribution in [2.45, 2.75) is 58.8 Å². The van der Waals surface area contributed by atoms with Gasteiger partial charge < -0.3 is 14.8 Å². The molecule has 1 saturated carbocycles. The summed E-state index contributed by atoms with van der Waals surface area (Å²) in [7, 11) is 0. The molecule has 0 aliphatic heterocycles. The number of ether oxygens (including phenoxy) is 2. The molecule has 3 nitrogen and oxygen atoms in total. The Bertz CT molecular complexity index is 169. The summed E-state index contributed by atoms with van der Waals surface area (Å²) >= 11 is 0. The predicted octanol–water partition coefficient (Wildman–Crippen LogP) is 2.55. The zero-order valence-electron chi connectivity index (χ0n) is 11.0. The molecule has 0 spiro atoms. The SMILES string of the molecule is CCOC(CCNC1CCC(C)C1)OCC. The van der Waals surface area contributed by atoms with Gasteiger partial charge in [-0.25, -0.2) is 0 Å². The van der Waals surface area contributed by atoms with Crippen molar-refractivity contribution in [3.63, 3.8) is 0 Å². The largest absolute Gasteiger partial charge is 0.353 e. The molecule has 0 bridgehead atoms. The van der Waals surface area contributed by atoms with Crippen LogP contribution in [0.4, 0.5) is 0 Å². The van der Waals surface area contributed by atoms with Crippen molar-refractivity contribution in [2.75, 3.05) is 19.8 Å². The molecule has 2 unspecified atom stereocenters. The Labute approximate surface area is 99.9 Å². The molecule has 1 fully saturated rings. The van der Waals surface area contributed by atoms with Gasteiger partial charge in [-0.05, 0) is 39.0 Å². The van der Waals surface area contributed by atoms with Crippen molar-refractivity contribution < 1.29 is 9.47 Å². The minimum Gasteiger partial charge on any atom is -0.353 e. The highest BCUT2D eigenvalue weighted by molar-refractivity contribution is 4.78. The predicted molar refractivity (Wildman–Crippen MR) is 66.5 cm³/mol. The van der Waals surface area contributed by atoms with Gasteiger partial charge in [0.1, 0.15) is 0 Å². The summed E-state index contributed by atoms with van der Waals surface area (Å²) in [6.07, 6.45) is 4.95. The third-order valence-corrected chi connectivity index (χ3v) is 3.21. The molecule has 1 aliphatic carbocycles. The summed E-state index contributed by atoms with van der Waals surface area (Å²) in [4.78, 5) is 0. The fourth-order valence-corrected chi connectivity index (χ4v) is 2.38. The van der Waals surface area contributed by atoms with Crippen LogP contribution in [-0.2, 0) is 9.47 Å². The van der Waals surface area contributed by atoms with Gasteiger partial charge in [0, 0.05) is 32.2 Å². The number of nitrogens with one attached hydrogen (secondary N) is 1. The van der Waals surface area contributed by atoms with Crippen LogP contribution in [0.1, 0.15) is 46.5 Å². The highest BCUT2D eigenvalue weighted by atomic mass is 16.7. The first-order valence-corrected chi connectivity index (χ1v) is 6.72. The summed E-state index contributed by atoms with van der Waals surface area (Å²) < 4.78 is 11.0. The molecular formula is C13H27NO2. The fraction of sp³-hybridized carbons (Fsp3) is 1.00. The summed E-state index contributed by atoms with van der Waals surface area (Å²) in [5.41, 5.74) is 0. The third-order valence-electron chi connectivity index (χ3n) is 3.21. The monoisotopic (exact) mass is 229 g/mol. The van der Waals surface area contributed by atoms with E-state index in [9.17, 15) is 0 Å². The molecule has 0 aromatic rings. The van der Waals surface area contributed by atoms with Gasteiger partial charge in [-0.15, -0.1) is 0 Å². The van der Waals surface area contributed by atoms with Gasteiger partial charge in [-0.1, -0.05) is 6.92 Å². The maximum absolute atomic E-state index is 5.51. The van der Waals surface area contributed by atoms with Gasteiger partial charge in [-0.3, -0.25) is 0 Å². The van der Waals surface area contributed by atoms with E-state index in [2.05, 4.69) is 12.2 Å². The minimum atomic E-state index is -0.0265. The van der Waals surface area contributed by atoms with Crippen LogP contribution in [0.2, 0.25) is 0 Å². The lowest BCUT2D eigenvalue weighted by Gasteiger charge is -2.18. The average molecular weight is 229 g/mol. The lowest BCUT2D eigenvalue weighted by molar-refractivity contribution is -0.138. The van der Waals surface area contributed by atoms with Gasteiger partial charge in [-0.2, -0.15) is 0 Å². The zero-order valence-corrected chi connectivity index (χ0v) is 11.0. The molecule has 0 saturated heterocycles. The molecule has 0 aromatic carbocycles. The average Bonchev–Trinajstić information content (AvgIpc) is 2.65. The third kappa shape index (κ3) is 5.28. The van der Waals surface area contributed by atoms with E-state index < -0.39 is 0 Å². The van der Waals surface area contributed by atoms with E-state index in [1.165, 1.54) is 19.3 Å². The van der Waals surface area contributed by atoms with Crippen molar-refractivity contribution in [3.8, 4) is 0 Å². The molecule has 3 heteroatoms. The molecule has 2 atom stereocenters. The topological polar surface area (TPSA) is 30.5 Å². The molecule has 1 N–H and O–H groups in total. The van der Waals surface area contributed by atoms with Crippen LogP contribution in [0.25, 0.3) is 0 Å². The minimum absolute atomic E-state index is 0.0265. The first-order chi connectivity index (χ1) is 7.76. The summed E-state index contributed by atoms with van der Waals surface area (Å²) in [5, 5.41) is 3.60.